The average Bonchev–Trinajstić information content (AvgIpc) is 2.69. The van der Waals surface area contributed by atoms with Crippen LogP contribution in [0.4, 0.5) is 17.2 Å². The van der Waals surface area contributed by atoms with Crippen molar-refractivity contribution in [3.63, 3.8) is 0 Å². The van der Waals surface area contributed by atoms with Gasteiger partial charge in [0.2, 0.25) is 0 Å². The number of carbonyl (C=O) groups is 1. The fourth-order valence-corrected chi connectivity index (χ4v) is 2.82. The number of nitrogens with one attached hydrogen (secondary N) is 2. The van der Waals surface area contributed by atoms with Crippen LogP contribution in [0.1, 0.15) is 30.3 Å². The van der Waals surface area contributed by atoms with Crippen LogP contribution < -0.4 is 15.5 Å². The summed E-state index contributed by atoms with van der Waals surface area (Å²) < 4.78 is 5.41. The van der Waals surface area contributed by atoms with Gasteiger partial charge in [-0.3, -0.25) is 4.79 Å². The van der Waals surface area contributed by atoms with Crippen LogP contribution in [0.5, 0.6) is 0 Å². The highest BCUT2D eigenvalue weighted by molar-refractivity contribution is 6.05. The lowest BCUT2D eigenvalue weighted by atomic mass is 10.2. The Kier molecular flexibility index (Phi) is 6.38. The van der Waals surface area contributed by atoms with Crippen LogP contribution in [0.3, 0.4) is 0 Å². The second kappa shape index (κ2) is 9.15. The van der Waals surface area contributed by atoms with E-state index in [1.165, 1.54) is 6.33 Å². The Hall–Kier alpha value is -2.67. The Balaban J connectivity index is 1.71. The topological polar surface area (TPSA) is 79.4 Å². The minimum absolute atomic E-state index is 0.244. The first-order valence-corrected chi connectivity index (χ1v) is 9.07. The van der Waals surface area contributed by atoms with E-state index < -0.39 is 0 Å². The molecule has 7 nitrogen and oxygen atoms in total. The van der Waals surface area contributed by atoms with Gasteiger partial charge in [0.15, 0.2) is 0 Å². The summed E-state index contributed by atoms with van der Waals surface area (Å²) in [5.74, 6) is 0.423. The Labute approximate surface area is 153 Å². The zero-order chi connectivity index (χ0) is 18.2. The van der Waals surface area contributed by atoms with E-state index in [1.54, 1.807) is 6.07 Å². The summed E-state index contributed by atoms with van der Waals surface area (Å²) in [4.78, 5) is 23.2. The molecule has 3 rings (SSSR count). The van der Waals surface area contributed by atoms with Gasteiger partial charge in [-0.15, -0.1) is 0 Å². The first-order valence-electron chi connectivity index (χ1n) is 9.07. The van der Waals surface area contributed by atoms with Gasteiger partial charge in [-0.1, -0.05) is 25.5 Å². The van der Waals surface area contributed by atoms with Crippen LogP contribution >= 0.6 is 0 Å². The molecule has 138 valence electrons. The SMILES string of the molecule is CCCCNc1cc(C(=O)Nc2ccccc2N2CCOCC2)ncn1. The third kappa shape index (κ3) is 4.70. The Bertz CT molecular complexity index is 731. The first-order chi connectivity index (χ1) is 12.8. The van der Waals surface area contributed by atoms with E-state index in [4.69, 9.17) is 4.74 Å². The van der Waals surface area contributed by atoms with Crippen LogP contribution in [-0.4, -0.2) is 48.7 Å². The predicted molar refractivity (Wildman–Crippen MR) is 103 cm³/mol. The fraction of sp³-hybridized carbons (Fsp3) is 0.421. The van der Waals surface area contributed by atoms with Gasteiger partial charge >= 0.3 is 0 Å². The molecule has 2 aromatic rings. The molecule has 26 heavy (non-hydrogen) atoms. The van der Waals surface area contributed by atoms with Gasteiger partial charge in [-0.25, -0.2) is 9.97 Å². The smallest absolute Gasteiger partial charge is 0.274 e. The van der Waals surface area contributed by atoms with E-state index in [0.29, 0.717) is 24.7 Å². The van der Waals surface area contributed by atoms with Crippen molar-refractivity contribution in [2.24, 2.45) is 0 Å². The molecule has 1 aromatic carbocycles. The molecule has 0 bridgehead atoms. The molecule has 1 fully saturated rings. The predicted octanol–water partition coefficient (Wildman–Crippen LogP) is 2.78. The number of rotatable bonds is 7. The zero-order valence-corrected chi connectivity index (χ0v) is 15.1. The summed E-state index contributed by atoms with van der Waals surface area (Å²) >= 11 is 0. The minimum atomic E-state index is -0.244. The van der Waals surface area contributed by atoms with Crippen molar-refractivity contribution in [3.8, 4) is 0 Å². The largest absolute Gasteiger partial charge is 0.378 e. The third-order valence-corrected chi connectivity index (χ3v) is 4.24. The third-order valence-electron chi connectivity index (χ3n) is 4.24. The number of carbonyl (C=O) groups excluding carboxylic acids is 1. The van der Waals surface area contributed by atoms with Crippen LogP contribution in [-0.2, 0) is 4.74 Å². The van der Waals surface area contributed by atoms with E-state index in [-0.39, 0.29) is 5.91 Å². The van der Waals surface area contributed by atoms with Crippen molar-refractivity contribution in [1.82, 2.24) is 9.97 Å². The molecule has 1 amide bonds. The van der Waals surface area contributed by atoms with Crippen LogP contribution in [0, 0.1) is 0 Å². The number of aromatic nitrogens is 2. The number of para-hydroxylation sites is 2. The molecule has 2 N–H and O–H groups in total. The molecule has 1 saturated heterocycles. The van der Waals surface area contributed by atoms with Crippen molar-refractivity contribution >= 4 is 23.1 Å². The van der Waals surface area contributed by atoms with E-state index in [2.05, 4.69) is 32.4 Å². The minimum Gasteiger partial charge on any atom is -0.378 e. The normalized spacial score (nSPS) is 14.1. The number of anilines is 3. The summed E-state index contributed by atoms with van der Waals surface area (Å²) in [7, 11) is 0. The quantitative estimate of drug-likeness (QED) is 0.744. The molecule has 0 spiro atoms. The van der Waals surface area contributed by atoms with Crippen molar-refractivity contribution in [2.45, 2.75) is 19.8 Å². The highest BCUT2D eigenvalue weighted by Crippen LogP contribution is 2.26. The van der Waals surface area contributed by atoms with Crippen molar-refractivity contribution in [1.29, 1.82) is 0 Å². The summed E-state index contributed by atoms with van der Waals surface area (Å²) in [6.45, 7) is 5.97. The van der Waals surface area contributed by atoms with Gasteiger partial charge < -0.3 is 20.3 Å². The number of unbranched alkanes of at least 4 members (excludes halogenated alkanes) is 1. The highest BCUT2D eigenvalue weighted by atomic mass is 16.5. The molecular formula is C19H25N5O2. The highest BCUT2D eigenvalue weighted by Gasteiger charge is 2.17. The number of hydrogen-bond donors (Lipinski definition) is 2. The van der Waals surface area contributed by atoms with E-state index in [9.17, 15) is 4.79 Å². The fourth-order valence-electron chi connectivity index (χ4n) is 2.82. The number of hydrogen-bond acceptors (Lipinski definition) is 6. The lowest BCUT2D eigenvalue weighted by Gasteiger charge is -2.30. The molecule has 0 aliphatic carbocycles. The van der Waals surface area contributed by atoms with Gasteiger partial charge in [0, 0.05) is 25.7 Å². The molecule has 1 aliphatic heterocycles. The number of amides is 1. The molecule has 7 heteroatoms. The van der Waals surface area contributed by atoms with E-state index >= 15 is 0 Å². The standard InChI is InChI=1S/C19H25N5O2/c1-2-3-8-20-18-13-16(21-14-22-18)19(25)23-15-6-4-5-7-17(15)24-9-11-26-12-10-24/h4-7,13-14H,2-3,8-12H2,1H3,(H,23,25)(H,20,21,22). The lowest BCUT2D eigenvalue weighted by molar-refractivity contribution is 0.102. The Morgan fingerprint density at radius 3 is 2.85 bits per heavy atom. The molecule has 0 unspecified atom stereocenters. The summed E-state index contributed by atoms with van der Waals surface area (Å²) in [5, 5.41) is 6.19. The lowest BCUT2D eigenvalue weighted by Crippen LogP contribution is -2.36. The van der Waals surface area contributed by atoms with E-state index in [1.807, 2.05) is 24.3 Å². The maximum absolute atomic E-state index is 12.7. The van der Waals surface area contributed by atoms with Crippen LogP contribution in [0.15, 0.2) is 36.7 Å². The van der Waals surface area contributed by atoms with Gasteiger partial charge in [0.05, 0.1) is 24.6 Å². The first kappa shape index (κ1) is 18.1. The molecule has 2 heterocycles. The zero-order valence-electron chi connectivity index (χ0n) is 15.1. The molecule has 1 aliphatic rings. The van der Waals surface area contributed by atoms with Crippen LogP contribution in [0.25, 0.3) is 0 Å². The van der Waals surface area contributed by atoms with Crippen molar-refractivity contribution in [3.05, 3.63) is 42.4 Å². The molecular weight excluding hydrogens is 330 g/mol. The molecule has 1 aromatic heterocycles. The van der Waals surface area contributed by atoms with Crippen molar-refractivity contribution < 1.29 is 9.53 Å². The maximum atomic E-state index is 12.7. The Morgan fingerprint density at radius 1 is 1.23 bits per heavy atom. The van der Waals surface area contributed by atoms with Gasteiger partial charge in [0.25, 0.3) is 5.91 Å². The van der Waals surface area contributed by atoms with Gasteiger partial charge in [0.1, 0.15) is 17.8 Å². The second-order valence-corrected chi connectivity index (χ2v) is 6.14. The Morgan fingerprint density at radius 2 is 2.04 bits per heavy atom. The maximum Gasteiger partial charge on any atom is 0.274 e. The number of morpholine rings is 1. The molecule has 0 radical (unpaired) electrons. The van der Waals surface area contributed by atoms with Crippen LogP contribution in [0.2, 0.25) is 0 Å². The van der Waals surface area contributed by atoms with Crippen molar-refractivity contribution in [2.75, 3.05) is 48.4 Å². The average molecular weight is 355 g/mol. The van der Waals surface area contributed by atoms with Gasteiger partial charge in [-0.2, -0.15) is 0 Å². The second-order valence-electron chi connectivity index (χ2n) is 6.14. The van der Waals surface area contributed by atoms with Gasteiger partial charge in [-0.05, 0) is 18.6 Å². The summed E-state index contributed by atoms with van der Waals surface area (Å²) in [6, 6.07) is 9.49. The number of nitrogens with zero attached hydrogens (tertiary/aromatic N) is 3. The number of ether oxygens (including phenoxy) is 1. The number of benzene rings is 1. The summed E-state index contributed by atoms with van der Waals surface area (Å²) in [6.07, 6.45) is 3.57. The monoisotopic (exact) mass is 355 g/mol. The molecule has 0 saturated carbocycles. The summed E-state index contributed by atoms with van der Waals surface area (Å²) in [5.41, 5.74) is 2.12. The molecule has 0 atom stereocenters. The van der Waals surface area contributed by atoms with E-state index in [0.717, 1.165) is 43.9 Å².